The lowest BCUT2D eigenvalue weighted by atomic mass is 10.0. The molecule has 1 aromatic carbocycles. The number of piperazine rings is 1. The molecule has 0 radical (unpaired) electrons. The number of anilines is 1. The highest BCUT2D eigenvalue weighted by molar-refractivity contribution is 5.97. The van der Waals surface area contributed by atoms with E-state index in [1.54, 1.807) is 12.3 Å². The van der Waals surface area contributed by atoms with E-state index in [4.69, 9.17) is 0 Å². The molecule has 0 bridgehead atoms. The summed E-state index contributed by atoms with van der Waals surface area (Å²) < 4.78 is 17.0. The monoisotopic (exact) mass is 385 g/mol. The summed E-state index contributed by atoms with van der Waals surface area (Å²) in [5.74, 6) is -0.666. The highest BCUT2D eigenvalue weighted by atomic mass is 19.1. The number of aromatic nitrogens is 1. The minimum absolute atomic E-state index is 0.101. The van der Waals surface area contributed by atoms with Crippen molar-refractivity contribution in [3.63, 3.8) is 0 Å². The summed E-state index contributed by atoms with van der Waals surface area (Å²) in [6.07, 6.45) is 3.71. The van der Waals surface area contributed by atoms with Crippen LogP contribution in [0.5, 0.6) is 0 Å². The molecule has 1 saturated heterocycles. The summed E-state index contributed by atoms with van der Waals surface area (Å²) in [4.78, 5) is 29.1. The van der Waals surface area contributed by atoms with Gasteiger partial charge in [-0.05, 0) is 52.7 Å². The fraction of sp³-hybridized carbons (Fsp3) is 0.545. The summed E-state index contributed by atoms with van der Waals surface area (Å²) in [6.45, 7) is 11.2. The Bertz CT molecular complexity index is 993. The smallest absolute Gasteiger partial charge is 0.200 e. The molecule has 0 N–H and O–H groups in total. The third-order valence-electron chi connectivity index (χ3n) is 5.99. The average molecular weight is 385 g/mol. The fourth-order valence-corrected chi connectivity index (χ4v) is 4.12. The largest absolute Gasteiger partial charge is 0.367 e. The molecular weight excluding hydrogens is 357 g/mol. The molecule has 2 heterocycles. The molecule has 1 aromatic heterocycles. The molecule has 0 atom stereocenters. The molecule has 0 amide bonds. The van der Waals surface area contributed by atoms with Gasteiger partial charge in [-0.25, -0.2) is 4.39 Å². The number of halogens is 1. The van der Waals surface area contributed by atoms with E-state index in [0.717, 1.165) is 44.5 Å². The van der Waals surface area contributed by atoms with Crippen molar-refractivity contribution in [2.24, 2.45) is 0 Å². The van der Waals surface area contributed by atoms with Gasteiger partial charge in [0, 0.05) is 49.3 Å². The van der Waals surface area contributed by atoms with Gasteiger partial charge in [-0.1, -0.05) is 0 Å². The third kappa shape index (κ3) is 3.34. The standard InChI is InChI=1S/C22H28FN3O2/c1-14(27)17-13-26(15-5-6-15)19-12-20(18(23)11-16(19)21(17)28)24-7-9-25(10-8-24)22(2,3)4/h11-13,15H,5-10H2,1-4H3. The Balaban J connectivity index is 1.77. The van der Waals surface area contributed by atoms with E-state index in [9.17, 15) is 9.59 Å². The quantitative estimate of drug-likeness (QED) is 0.758. The number of hydrogen-bond acceptors (Lipinski definition) is 4. The zero-order chi connectivity index (χ0) is 20.2. The minimum Gasteiger partial charge on any atom is -0.367 e. The van der Waals surface area contributed by atoms with Crippen molar-refractivity contribution in [3.05, 3.63) is 39.9 Å². The lowest BCUT2D eigenvalue weighted by Gasteiger charge is -2.43. The van der Waals surface area contributed by atoms with Crippen LogP contribution in [0, 0.1) is 5.82 Å². The molecule has 2 aromatic rings. The highest BCUT2D eigenvalue weighted by Gasteiger charge is 2.29. The zero-order valence-corrected chi connectivity index (χ0v) is 17.1. The van der Waals surface area contributed by atoms with Crippen LogP contribution in [0.4, 0.5) is 10.1 Å². The van der Waals surface area contributed by atoms with Crippen molar-refractivity contribution in [1.82, 2.24) is 9.47 Å². The normalized spacial score (nSPS) is 18.7. The van der Waals surface area contributed by atoms with Crippen LogP contribution in [-0.4, -0.2) is 47.0 Å². The van der Waals surface area contributed by atoms with E-state index < -0.39 is 5.82 Å². The molecule has 4 rings (SSSR count). The maximum atomic E-state index is 15.0. The lowest BCUT2D eigenvalue weighted by Crippen LogP contribution is -2.53. The Morgan fingerprint density at radius 3 is 2.29 bits per heavy atom. The van der Waals surface area contributed by atoms with Crippen molar-refractivity contribution in [2.75, 3.05) is 31.1 Å². The van der Waals surface area contributed by atoms with E-state index in [0.29, 0.717) is 11.1 Å². The van der Waals surface area contributed by atoms with Crippen LogP contribution in [-0.2, 0) is 0 Å². The second-order valence-electron chi connectivity index (χ2n) is 9.03. The second kappa shape index (κ2) is 6.69. The van der Waals surface area contributed by atoms with Crippen LogP contribution in [0.15, 0.2) is 23.1 Å². The molecule has 1 aliphatic carbocycles. The van der Waals surface area contributed by atoms with E-state index in [-0.39, 0.29) is 28.4 Å². The zero-order valence-electron chi connectivity index (χ0n) is 17.1. The number of fused-ring (bicyclic) bond motifs is 1. The summed E-state index contributed by atoms with van der Waals surface area (Å²) in [7, 11) is 0. The summed E-state index contributed by atoms with van der Waals surface area (Å²) >= 11 is 0. The maximum absolute atomic E-state index is 15.0. The predicted octanol–water partition coefficient (Wildman–Crippen LogP) is 3.60. The van der Waals surface area contributed by atoms with Crippen molar-refractivity contribution >= 4 is 22.4 Å². The number of ketones is 1. The Morgan fingerprint density at radius 2 is 1.75 bits per heavy atom. The number of pyridine rings is 1. The minimum atomic E-state index is -0.392. The number of rotatable bonds is 3. The van der Waals surface area contributed by atoms with Gasteiger partial charge in [0.15, 0.2) is 11.2 Å². The second-order valence-corrected chi connectivity index (χ2v) is 9.03. The van der Waals surface area contributed by atoms with Gasteiger partial charge >= 0.3 is 0 Å². The molecule has 150 valence electrons. The molecule has 0 unspecified atom stereocenters. The van der Waals surface area contributed by atoms with Gasteiger partial charge in [0.05, 0.1) is 16.8 Å². The topological polar surface area (TPSA) is 45.6 Å². The summed E-state index contributed by atoms with van der Waals surface area (Å²) in [5.41, 5.74) is 1.15. The first kappa shape index (κ1) is 19.1. The van der Waals surface area contributed by atoms with Gasteiger partial charge < -0.3 is 9.47 Å². The number of carbonyl (C=O) groups excluding carboxylic acids is 1. The molecule has 2 aliphatic rings. The summed E-state index contributed by atoms with van der Waals surface area (Å²) in [6, 6.07) is 3.42. The van der Waals surface area contributed by atoms with Crippen LogP contribution < -0.4 is 10.3 Å². The van der Waals surface area contributed by atoms with Gasteiger partial charge in [-0.3, -0.25) is 14.5 Å². The first-order valence-electron chi connectivity index (χ1n) is 10.1. The van der Waals surface area contributed by atoms with Gasteiger partial charge in [0.2, 0.25) is 0 Å². The average Bonchev–Trinajstić information content (AvgIpc) is 3.46. The van der Waals surface area contributed by atoms with Gasteiger partial charge in [-0.15, -0.1) is 0 Å². The molecule has 5 nitrogen and oxygen atoms in total. The van der Waals surface area contributed by atoms with E-state index >= 15 is 4.39 Å². The van der Waals surface area contributed by atoms with Crippen LogP contribution in [0.3, 0.4) is 0 Å². The molecule has 6 heteroatoms. The Labute approximate surface area is 164 Å². The van der Waals surface area contributed by atoms with Gasteiger partial charge in [-0.2, -0.15) is 0 Å². The van der Waals surface area contributed by atoms with E-state index in [2.05, 4.69) is 30.6 Å². The first-order chi connectivity index (χ1) is 13.2. The van der Waals surface area contributed by atoms with E-state index in [1.165, 1.54) is 13.0 Å². The highest BCUT2D eigenvalue weighted by Crippen LogP contribution is 2.38. The molecule has 2 fully saturated rings. The van der Waals surface area contributed by atoms with Crippen LogP contribution >= 0.6 is 0 Å². The van der Waals surface area contributed by atoms with E-state index in [1.807, 2.05) is 4.57 Å². The van der Waals surface area contributed by atoms with Gasteiger partial charge in [0.1, 0.15) is 5.82 Å². The lowest BCUT2D eigenvalue weighted by molar-refractivity contribution is 0.101. The molecule has 28 heavy (non-hydrogen) atoms. The number of hydrogen-bond donors (Lipinski definition) is 0. The first-order valence-corrected chi connectivity index (χ1v) is 10.1. The number of carbonyl (C=O) groups is 1. The number of nitrogens with zero attached hydrogens (tertiary/aromatic N) is 3. The maximum Gasteiger partial charge on any atom is 0.200 e. The van der Waals surface area contributed by atoms with Crippen molar-refractivity contribution < 1.29 is 9.18 Å². The Kier molecular flexibility index (Phi) is 4.57. The molecule has 0 spiro atoms. The van der Waals surface area contributed by atoms with Gasteiger partial charge in [0.25, 0.3) is 0 Å². The molecular formula is C22H28FN3O2. The third-order valence-corrected chi connectivity index (χ3v) is 5.99. The Hall–Kier alpha value is -2.21. The number of Topliss-reactive ketones (excluding diaryl/α,β-unsaturated/α-hetero) is 1. The number of benzene rings is 1. The van der Waals surface area contributed by atoms with Crippen LogP contribution in [0.2, 0.25) is 0 Å². The van der Waals surface area contributed by atoms with Crippen LogP contribution in [0.25, 0.3) is 10.9 Å². The fourth-order valence-electron chi connectivity index (χ4n) is 4.12. The van der Waals surface area contributed by atoms with Crippen molar-refractivity contribution in [2.45, 2.75) is 52.1 Å². The van der Waals surface area contributed by atoms with Crippen LogP contribution in [0.1, 0.15) is 56.9 Å². The van der Waals surface area contributed by atoms with Crippen molar-refractivity contribution in [3.8, 4) is 0 Å². The SMILES string of the molecule is CC(=O)c1cn(C2CC2)c2cc(N3CCN(C(C)(C)C)CC3)c(F)cc2c1=O. The van der Waals surface area contributed by atoms with Crippen molar-refractivity contribution in [1.29, 1.82) is 0 Å². The summed E-state index contributed by atoms with van der Waals surface area (Å²) in [5, 5.41) is 0.300. The molecule has 1 saturated carbocycles. The Morgan fingerprint density at radius 1 is 1.11 bits per heavy atom. The molecule has 1 aliphatic heterocycles. The predicted molar refractivity (Wildman–Crippen MR) is 110 cm³/mol.